The maximum Gasteiger partial charge on any atom is 0.276 e. The fourth-order valence-corrected chi connectivity index (χ4v) is 2.32. The van der Waals surface area contributed by atoms with E-state index in [1.54, 1.807) is 6.07 Å². The Hall–Kier alpha value is -1.89. The third kappa shape index (κ3) is 3.57. The largest absolute Gasteiger partial charge is 0.370 e. The SMILES string of the molecule is CCNc1cc([N+](=O)[O-])cc(N2CCCN(C)CC2)n1. The molecule has 0 aliphatic carbocycles. The minimum atomic E-state index is -0.365. The molecule has 1 N–H and O–H groups in total. The van der Waals surface area contributed by atoms with Gasteiger partial charge in [0.1, 0.15) is 11.6 Å². The van der Waals surface area contributed by atoms with Gasteiger partial charge in [-0.3, -0.25) is 10.1 Å². The van der Waals surface area contributed by atoms with Crippen LogP contribution in [0.2, 0.25) is 0 Å². The Labute approximate surface area is 118 Å². The lowest BCUT2D eigenvalue weighted by Gasteiger charge is -2.22. The highest BCUT2D eigenvalue weighted by atomic mass is 16.6. The molecule has 1 aromatic heterocycles. The molecule has 0 radical (unpaired) electrons. The number of hydrogen-bond donors (Lipinski definition) is 1. The highest BCUT2D eigenvalue weighted by molar-refractivity contribution is 5.56. The predicted octanol–water partition coefficient (Wildman–Crippen LogP) is 1.56. The van der Waals surface area contributed by atoms with Gasteiger partial charge in [0.25, 0.3) is 5.69 Å². The third-order valence-corrected chi connectivity index (χ3v) is 3.41. The average molecular weight is 279 g/mol. The predicted molar refractivity (Wildman–Crippen MR) is 79.4 cm³/mol. The Bertz CT molecular complexity index is 480. The molecule has 0 unspecified atom stereocenters. The molecular weight excluding hydrogens is 258 g/mol. The third-order valence-electron chi connectivity index (χ3n) is 3.41. The van der Waals surface area contributed by atoms with Crippen LogP contribution in [-0.4, -0.2) is 54.6 Å². The van der Waals surface area contributed by atoms with Gasteiger partial charge in [0, 0.05) is 26.2 Å². The Kier molecular flexibility index (Phi) is 4.73. The van der Waals surface area contributed by atoms with E-state index < -0.39 is 0 Å². The van der Waals surface area contributed by atoms with Crippen molar-refractivity contribution < 1.29 is 4.92 Å². The van der Waals surface area contributed by atoms with E-state index in [9.17, 15) is 10.1 Å². The summed E-state index contributed by atoms with van der Waals surface area (Å²) < 4.78 is 0. The van der Waals surface area contributed by atoms with Crippen molar-refractivity contribution in [2.75, 3.05) is 50.0 Å². The summed E-state index contributed by atoms with van der Waals surface area (Å²) >= 11 is 0. The van der Waals surface area contributed by atoms with Crippen LogP contribution in [0.25, 0.3) is 0 Å². The number of anilines is 2. The molecule has 2 heterocycles. The van der Waals surface area contributed by atoms with Crippen LogP contribution in [0.3, 0.4) is 0 Å². The van der Waals surface area contributed by atoms with Crippen molar-refractivity contribution in [1.82, 2.24) is 9.88 Å². The Morgan fingerprint density at radius 3 is 2.85 bits per heavy atom. The zero-order valence-corrected chi connectivity index (χ0v) is 12.0. The topological polar surface area (TPSA) is 74.5 Å². The number of likely N-dealkylation sites (N-methyl/N-ethyl adjacent to an activating group) is 1. The first-order chi connectivity index (χ1) is 9.60. The standard InChI is InChI=1S/C13H21N5O2/c1-3-14-12-9-11(18(19)20)10-13(15-12)17-6-4-5-16(2)7-8-17/h9-10H,3-8H2,1-2H3,(H,14,15). The highest BCUT2D eigenvalue weighted by Gasteiger charge is 2.18. The first-order valence-corrected chi connectivity index (χ1v) is 6.94. The van der Waals surface area contributed by atoms with Crippen LogP contribution in [0.5, 0.6) is 0 Å². The first-order valence-electron chi connectivity index (χ1n) is 6.94. The van der Waals surface area contributed by atoms with Gasteiger partial charge in [0.2, 0.25) is 0 Å². The van der Waals surface area contributed by atoms with Crippen LogP contribution in [0.4, 0.5) is 17.3 Å². The van der Waals surface area contributed by atoms with Crippen molar-refractivity contribution in [1.29, 1.82) is 0 Å². The van der Waals surface area contributed by atoms with Gasteiger partial charge in [0.05, 0.1) is 17.1 Å². The van der Waals surface area contributed by atoms with Crippen LogP contribution in [0, 0.1) is 10.1 Å². The van der Waals surface area contributed by atoms with Crippen LogP contribution >= 0.6 is 0 Å². The second-order valence-corrected chi connectivity index (χ2v) is 5.00. The van der Waals surface area contributed by atoms with Gasteiger partial charge in [-0.15, -0.1) is 0 Å². The van der Waals surface area contributed by atoms with Gasteiger partial charge in [-0.25, -0.2) is 4.98 Å². The molecule has 0 saturated carbocycles. The minimum absolute atomic E-state index is 0.0866. The average Bonchev–Trinajstić information content (AvgIpc) is 2.63. The maximum absolute atomic E-state index is 11.0. The Morgan fingerprint density at radius 2 is 2.15 bits per heavy atom. The normalized spacial score (nSPS) is 16.8. The molecular formula is C13H21N5O2. The molecule has 1 saturated heterocycles. The van der Waals surface area contributed by atoms with Crippen molar-refractivity contribution >= 4 is 17.3 Å². The van der Waals surface area contributed by atoms with E-state index in [0.717, 1.165) is 32.6 Å². The van der Waals surface area contributed by atoms with E-state index in [1.165, 1.54) is 6.07 Å². The van der Waals surface area contributed by atoms with E-state index >= 15 is 0 Å². The molecule has 1 fully saturated rings. The lowest BCUT2D eigenvalue weighted by molar-refractivity contribution is -0.384. The summed E-state index contributed by atoms with van der Waals surface area (Å²) in [5.74, 6) is 1.25. The molecule has 1 aromatic rings. The minimum Gasteiger partial charge on any atom is -0.370 e. The smallest absolute Gasteiger partial charge is 0.276 e. The van der Waals surface area contributed by atoms with Gasteiger partial charge in [0.15, 0.2) is 0 Å². The molecule has 1 aliphatic heterocycles. The highest BCUT2D eigenvalue weighted by Crippen LogP contribution is 2.24. The van der Waals surface area contributed by atoms with Gasteiger partial charge < -0.3 is 15.1 Å². The summed E-state index contributed by atoms with van der Waals surface area (Å²) in [7, 11) is 2.09. The molecule has 7 heteroatoms. The second kappa shape index (κ2) is 6.51. The molecule has 7 nitrogen and oxygen atoms in total. The zero-order chi connectivity index (χ0) is 14.5. The number of aromatic nitrogens is 1. The van der Waals surface area contributed by atoms with Crippen molar-refractivity contribution in [2.24, 2.45) is 0 Å². The molecule has 20 heavy (non-hydrogen) atoms. The quantitative estimate of drug-likeness (QED) is 0.666. The molecule has 0 spiro atoms. The van der Waals surface area contributed by atoms with E-state index in [1.807, 2.05) is 6.92 Å². The second-order valence-electron chi connectivity index (χ2n) is 5.00. The van der Waals surface area contributed by atoms with Crippen LogP contribution in [-0.2, 0) is 0 Å². The van der Waals surface area contributed by atoms with E-state index in [0.29, 0.717) is 18.2 Å². The summed E-state index contributed by atoms with van der Waals surface area (Å²) in [4.78, 5) is 19.5. The summed E-state index contributed by atoms with van der Waals surface area (Å²) in [6.45, 7) is 6.35. The van der Waals surface area contributed by atoms with Gasteiger partial charge in [-0.1, -0.05) is 0 Å². The number of nitro groups is 1. The van der Waals surface area contributed by atoms with Crippen molar-refractivity contribution in [3.05, 3.63) is 22.2 Å². The summed E-state index contributed by atoms with van der Waals surface area (Å²) in [6, 6.07) is 3.04. The van der Waals surface area contributed by atoms with E-state index in [-0.39, 0.29) is 10.6 Å². The molecule has 0 atom stereocenters. The molecule has 0 aromatic carbocycles. The van der Waals surface area contributed by atoms with Crippen molar-refractivity contribution in [3.63, 3.8) is 0 Å². The zero-order valence-electron chi connectivity index (χ0n) is 12.0. The molecule has 110 valence electrons. The molecule has 1 aliphatic rings. The summed E-state index contributed by atoms with van der Waals surface area (Å²) in [5, 5.41) is 14.1. The molecule has 0 amide bonds. The van der Waals surface area contributed by atoms with Crippen LogP contribution in [0.15, 0.2) is 12.1 Å². The fourth-order valence-electron chi connectivity index (χ4n) is 2.32. The van der Waals surface area contributed by atoms with Gasteiger partial charge >= 0.3 is 0 Å². The van der Waals surface area contributed by atoms with Crippen molar-refractivity contribution in [3.8, 4) is 0 Å². The summed E-state index contributed by atoms with van der Waals surface area (Å²) in [6.07, 6.45) is 1.04. The lowest BCUT2D eigenvalue weighted by atomic mass is 10.3. The number of pyridine rings is 1. The van der Waals surface area contributed by atoms with E-state index in [4.69, 9.17) is 0 Å². The number of hydrogen-bond acceptors (Lipinski definition) is 6. The van der Waals surface area contributed by atoms with Crippen LogP contribution in [0.1, 0.15) is 13.3 Å². The number of rotatable bonds is 4. The fraction of sp³-hybridized carbons (Fsp3) is 0.615. The van der Waals surface area contributed by atoms with Crippen molar-refractivity contribution in [2.45, 2.75) is 13.3 Å². The Balaban J connectivity index is 2.26. The lowest BCUT2D eigenvalue weighted by Crippen LogP contribution is -2.29. The van der Waals surface area contributed by atoms with E-state index in [2.05, 4.69) is 27.1 Å². The molecule has 2 rings (SSSR count). The van der Waals surface area contributed by atoms with Crippen LogP contribution < -0.4 is 10.2 Å². The van der Waals surface area contributed by atoms with Gasteiger partial charge in [-0.05, 0) is 26.9 Å². The maximum atomic E-state index is 11.0. The summed E-state index contributed by atoms with van der Waals surface area (Å²) in [5.41, 5.74) is 0.0866. The monoisotopic (exact) mass is 279 g/mol. The molecule has 0 bridgehead atoms. The number of nitrogens with one attached hydrogen (secondary N) is 1. The Morgan fingerprint density at radius 1 is 1.35 bits per heavy atom. The first kappa shape index (κ1) is 14.5. The van der Waals surface area contributed by atoms with Gasteiger partial charge in [-0.2, -0.15) is 0 Å². The number of nitrogens with zero attached hydrogens (tertiary/aromatic N) is 4.